The van der Waals surface area contributed by atoms with Gasteiger partial charge in [0.15, 0.2) is 0 Å². The van der Waals surface area contributed by atoms with Crippen LogP contribution in [0.2, 0.25) is 0 Å². The number of hydrogen-bond donors (Lipinski definition) is 1. The number of rotatable bonds is 5. The molecule has 0 fully saturated rings. The number of hydrogen-bond acceptors (Lipinski definition) is 4. The summed E-state index contributed by atoms with van der Waals surface area (Å²) in [6.45, 7) is 0.263. The molecule has 3 aromatic heterocycles. The second kappa shape index (κ2) is 7.67. The lowest BCUT2D eigenvalue weighted by molar-refractivity contribution is -0.137. The van der Waals surface area contributed by atoms with Crippen molar-refractivity contribution in [2.75, 3.05) is 5.75 Å². The molecule has 0 aliphatic carbocycles. The summed E-state index contributed by atoms with van der Waals surface area (Å²) in [5.74, 6) is -0.202. The van der Waals surface area contributed by atoms with E-state index < -0.39 is 11.7 Å². The summed E-state index contributed by atoms with van der Waals surface area (Å²) in [6.07, 6.45) is 0.0109. The molecule has 0 aliphatic heterocycles. The molecule has 1 N–H and O–H groups in total. The number of carbonyl (C=O) groups is 1. The predicted octanol–water partition coefficient (Wildman–Crippen LogP) is 3.92. The van der Waals surface area contributed by atoms with E-state index in [1.54, 1.807) is 0 Å². The standard InChI is InChI=1S/C16H12BrF3N4OS/c17-11-2-3-13-23-12(8-24(13)7-11)6-21-14(25)9-26-15-4-1-10(5-22-15)16(18,19)20/h1-5,7-8H,6,9H2,(H,21,25). The first-order chi connectivity index (χ1) is 12.3. The van der Waals surface area contributed by atoms with Crippen LogP contribution in [0.5, 0.6) is 0 Å². The number of aromatic nitrogens is 3. The monoisotopic (exact) mass is 444 g/mol. The molecule has 136 valence electrons. The number of amides is 1. The number of nitrogens with zero attached hydrogens (tertiary/aromatic N) is 3. The van der Waals surface area contributed by atoms with Gasteiger partial charge in [-0.3, -0.25) is 4.79 Å². The Kier molecular flexibility index (Phi) is 5.52. The van der Waals surface area contributed by atoms with Crippen LogP contribution in [0.3, 0.4) is 0 Å². The zero-order chi connectivity index (χ0) is 18.7. The maximum absolute atomic E-state index is 12.5. The van der Waals surface area contributed by atoms with Crippen molar-refractivity contribution in [1.82, 2.24) is 19.7 Å². The van der Waals surface area contributed by atoms with Crippen molar-refractivity contribution in [1.29, 1.82) is 0 Å². The highest BCUT2D eigenvalue weighted by molar-refractivity contribution is 9.10. The molecule has 0 aromatic carbocycles. The minimum absolute atomic E-state index is 0.0529. The minimum atomic E-state index is -4.42. The van der Waals surface area contributed by atoms with Crippen LogP contribution in [-0.2, 0) is 17.5 Å². The zero-order valence-electron chi connectivity index (χ0n) is 13.1. The molecule has 0 aliphatic rings. The first-order valence-electron chi connectivity index (χ1n) is 7.37. The van der Waals surface area contributed by atoms with E-state index in [2.05, 4.69) is 31.2 Å². The Hall–Kier alpha value is -2.07. The van der Waals surface area contributed by atoms with E-state index >= 15 is 0 Å². The van der Waals surface area contributed by atoms with Crippen molar-refractivity contribution in [3.63, 3.8) is 0 Å². The second-order valence-electron chi connectivity index (χ2n) is 5.29. The Morgan fingerprint density at radius 2 is 2.04 bits per heavy atom. The van der Waals surface area contributed by atoms with Gasteiger partial charge in [-0.25, -0.2) is 9.97 Å². The van der Waals surface area contributed by atoms with E-state index in [0.717, 1.165) is 34.1 Å². The summed E-state index contributed by atoms with van der Waals surface area (Å²) in [6, 6.07) is 5.92. The number of alkyl halides is 3. The van der Waals surface area contributed by atoms with E-state index in [9.17, 15) is 18.0 Å². The molecule has 0 saturated heterocycles. The molecule has 3 heterocycles. The molecular formula is C16H12BrF3N4OS. The van der Waals surface area contributed by atoms with E-state index in [1.807, 2.05) is 28.9 Å². The molecule has 3 aromatic rings. The van der Waals surface area contributed by atoms with Gasteiger partial charge < -0.3 is 9.72 Å². The third-order valence-electron chi connectivity index (χ3n) is 3.35. The van der Waals surface area contributed by atoms with Gasteiger partial charge in [0.1, 0.15) is 5.65 Å². The molecular weight excluding hydrogens is 433 g/mol. The van der Waals surface area contributed by atoms with Crippen LogP contribution in [0.25, 0.3) is 5.65 Å². The minimum Gasteiger partial charge on any atom is -0.350 e. The molecule has 5 nitrogen and oxygen atoms in total. The van der Waals surface area contributed by atoms with E-state index in [-0.39, 0.29) is 18.2 Å². The number of thioether (sulfide) groups is 1. The summed E-state index contributed by atoms with van der Waals surface area (Å²) >= 11 is 4.44. The van der Waals surface area contributed by atoms with Crippen molar-refractivity contribution < 1.29 is 18.0 Å². The molecule has 0 atom stereocenters. The van der Waals surface area contributed by atoms with Gasteiger partial charge in [0.2, 0.25) is 5.91 Å². The smallest absolute Gasteiger partial charge is 0.350 e. The maximum atomic E-state index is 12.5. The fraction of sp³-hybridized carbons (Fsp3) is 0.188. The molecule has 0 unspecified atom stereocenters. The highest BCUT2D eigenvalue weighted by Gasteiger charge is 2.30. The van der Waals surface area contributed by atoms with Gasteiger partial charge in [0.25, 0.3) is 0 Å². The lowest BCUT2D eigenvalue weighted by Gasteiger charge is -2.06. The predicted molar refractivity (Wildman–Crippen MR) is 94.7 cm³/mol. The van der Waals surface area contributed by atoms with Gasteiger partial charge >= 0.3 is 6.18 Å². The number of nitrogens with one attached hydrogen (secondary N) is 1. The van der Waals surface area contributed by atoms with Crippen LogP contribution < -0.4 is 5.32 Å². The number of fused-ring (bicyclic) bond motifs is 1. The average molecular weight is 445 g/mol. The van der Waals surface area contributed by atoms with Crippen molar-refractivity contribution in [2.45, 2.75) is 17.7 Å². The molecule has 10 heteroatoms. The van der Waals surface area contributed by atoms with Crippen molar-refractivity contribution in [3.05, 3.63) is 58.6 Å². The molecule has 1 amide bonds. The van der Waals surface area contributed by atoms with Crippen LogP contribution >= 0.6 is 27.7 Å². The number of imidazole rings is 1. The molecule has 26 heavy (non-hydrogen) atoms. The SMILES string of the molecule is O=C(CSc1ccc(C(F)(F)F)cn1)NCc1cn2cc(Br)ccc2n1. The zero-order valence-corrected chi connectivity index (χ0v) is 15.5. The third kappa shape index (κ3) is 4.76. The Morgan fingerprint density at radius 1 is 1.23 bits per heavy atom. The fourth-order valence-electron chi connectivity index (χ4n) is 2.12. The maximum Gasteiger partial charge on any atom is 0.417 e. The topological polar surface area (TPSA) is 59.3 Å². The van der Waals surface area contributed by atoms with Crippen LogP contribution in [0.1, 0.15) is 11.3 Å². The van der Waals surface area contributed by atoms with Crippen LogP contribution in [0.15, 0.2) is 52.4 Å². The summed E-state index contributed by atoms with van der Waals surface area (Å²) in [7, 11) is 0. The molecule has 0 bridgehead atoms. The second-order valence-corrected chi connectivity index (χ2v) is 7.20. The van der Waals surface area contributed by atoms with Crippen LogP contribution in [0.4, 0.5) is 13.2 Å². The number of carbonyl (C=O) groups excluding carboxylic acids is 1. The average Bonchev–Trinajstić information content (AvgIpc) is 2.99. The van der Waals surface area contributed by atoms with Crippen molar-refractivity contribution in [3.8, 4) is 0 Å². The van der Waals surface area contributed by atoms with Gasteiger partial charge in [-0.05, 0) is 40.2 Å². The summed E-state index contributed by atoms with van der Waals surface area (Å²) < 4.78 is 40.2. The van der Waals surface area contributed by atoms with Gasteiger partial charge in [-0.1, -0.05) is 11.8 Å². The Bertz CT molecular complexity index is 927. The normalized spacial score (nSPS) is 11.7. The lowest BCUT2D eigenvalue weighted by atomic mass is 10.3. The van der Waals surface area contributed by atoms with Crippen LogP contribution in [0, 0.1) is 0 Å². The fourth-order valence-corrected chi connectivity index (χ4v) is 3.14. The van der Waals surface area contributed by atoms with E-state index in [0.29, 0.717) is 10.7 Å². The van der Waals surface area contributed by atoms with Gasteiger partial charge in [-0.15, -0.1) is 0 Å². The Labute approximate surface area is 159 Å². The van der Waals surface area contributed by atoms with Crippen molar-refractivity contribution in [2.24, 2.45) is 0 Å². The third-order valence-corrected chi connectivity index (χ3v) is 4.76. The highest BCUT2D eigenvalue weighted by Crippen LogP contribution is 2.29. The largest absolute Gasteiger partial charge is 0.417 e. The summed E-state index contributed by atoms with van der Waals surface area (Å²) in [4.78, 5) is 20.0. The quantitative estimate of drug-likeness (QED) is 0.605. The number of halogens is 4. The van der Waals surface area contributed by atoms with Gasteiger partial charge in [0, 0.05) is 23.1 Å². The first kappa shape index (κ1) is 18.7. The summed E-state index contributed by atoms with van der Waals surface area (Å²) in [5, 5.41) is 3.08. The molecule has 0 spiro atoms. The lowest BCUT2D eigenvalue weighted by Crippen LogP contribution is -2.24. The summed E-state index contributed by atoms with van der Waals surface area (Å²) in [5.41, 5.74) is 0.652. The van der Waals surface area contributed by atoms with Gasteiger partial charge in [0.05, 0.1) is 28.6 Å². The molecule has 0 saturated carbocycles. The molecule has 3 rings (SSSR count). The van der Waals surface area contributed by atoms with E-state index in [4.69, 9.17) is 0 Å². The Balaban J connectivity index is 1.50. The molecule has 0 radical (unpaired) electrons. The highest BCUT2D eigenvalue weighted by atomic mass is 79.9. The van der Waals surface area contributed by atoms with Crippen molar-refractivity contribution >= 4 is 39.2 Å². The first-order valence-corrected chi connectivity index (χ1v) is 9.15. The van der Waals surface area contributed by atoms with Crippen LogP contribution in [-0.4, -0.2) is 26.0 Å². The number of pyridine rings is 2. The van der Waals surface area contributed by atoms with E-state index in [1.165, 1.54) is 6.07 Å². The van der Waals surface area contributed by atoms with Gasteiger partial charge in [-0.2, -0.15) is 13.2 Å². The Morgan fingerprint density at radius 3 is 2.73 bits per heavy atom.